The summed E-state index contributed by atoms with van der Waals surface area (Å²) in [5, 5.41) is 3.50. The molecule has 0 heterocycles. The molecule has 0 aliphatic heterocycles. The lowest BCUT2D eigenvalue weighted by molar-refractivity contribution is 0.376. The molecule has 1 aliphatic rings. The lowest BCUT2D eigenvalue weighted by atomic mass is 9.90. The van der Waals surface area contributed by atoms with Gasteiger partial charge in [0, 0.05) is 6.04 Å². The van der Waals surface area contributed by atoms with Crippen molar-refractivity contribution in [3.8, 4) is 0 Å². The highest BCUT2D eigenvalue weighted by atomic mass is 14.9. The molecule has 1 heteroatoms. The minimum atomic E-state index is 0.547. The van der Waals surface area contributed by atoms with Gasteiger partial charge < -0.3 is 5.32 Å². The summed E-state index contributed by atoms with van der Waals surface area (Å²) in [5.41, 5.74) is 4.85. The average molecular weight is 217 g/mol. The predicted octanol–water partition coefficient (Wildman–Crippen LogP) is 3.23. The van der Waals surface area contributed by atoms with Crippen molar-refractivity contribution in [2.75, 3.05) is 7.05 Å². The molecule has 1 aromatic carbocycles. The van der Waals surface area contributed by atoms with Crippen LogP contribution in [0.5, 0.6) is 0 Å². The van der Waals surface area contributed by atoms with Gasteiger partial charge in [0.05, 0.1) is 0 Å². The van der Waals surface area contributed by atoms with Crippen LogP contribution in [0.4, 0.5) is 0 Å². The average Bonchev–Trinajstić information content (AvgIpc) is 2.99. The fraction of sp³-hybridized carbons (Fsp3) is 0.600. The fourth-order valence-electron chi connectivity index (χ4n) is 2.48. The Morgan fingerprint density at radius 3 is 2.56 bits per heavy atom. The minimum Gasteiger partial charge on any atom is -0.316 e. The van der Waals surface area contributed by atoms with Crippen molar-refractivity contribution in [3.63, 3.8) is 0 Å². The number of hydrogen-bond donors (Lipinski definition) is 1. The summed E-state index contributed by atoms with van der Waals surface area (Å²) in [6, 6.07) is 7.41. The maximum absolute atomic E-state index is 3.50. The van der Waals surface area contributed by atoms with E-state index in [1.54, 1.807) is 0 Å². The summed E-state index contributed by atoms with van der Waals surface area (Å²) < 4.78 is 0. The molecule has 1 aliphatic carbocycles. The molecule has 0 aromatic heterocycles. The number of aryl methyl sites for hydroxylation is 2. The van der Waals surface area contributed by atoms with Crippen LogP contribution in [0.2, 0.25) is 0 Å². The number of benzene rings is 1. The molecule has 16 heavy (non-hydrogen) atoms. The monoisotopic (exact) mass is 217 g/mol. The Morgan fingerprint density at radius 2 is 2.00 bits per heavy atom. The minimum absolute atomic E-state index is 0.547. The van der Waals surface area contributed by atoms with Gasteiger partial charge in [-0.15, -0.1) is 0 Å². The number of nitrogens with one attached hydrogen (secondary N) is 1. The van der Waals surface area contributed by atoms with Crippen molar-refractivity contribution < 1.29 is 0 Å². The smallest absolute Gasteiger partial charge is 0.0158 e. The third kappa shape index (κ3) is 2.30. The molecular formula is C15H23N. The molecule has 1 fully saturated rings. The Bertz CT molecular complexity index is 377. The molecular weight excluding hydrogens is 194 g/mol. The molecule has 2 rings (SSSR count). The normalized spacial score (nSPS) is 19.5. The first kappa shape index (κ1) is 11.7. The first-order valence-corrected chi connectivity index (χ1v) is 6.28. The van der Waals surface area contributed by atoms with Crippen molar-refractivity contribution in [2.24, 2.45) is 5.41 Å². The van der Waals surface area contributed by atoms with Crippen molar-refractivity contribution in [3.05, 3.63) is 34.9 Å². The zero-order valence-corrected chi connectivity index (χ0v) is 10.9. The summed E-state index contributed by atoms with van der Waals surface area (Å²) in [5.74, 6) is 0. The maximum atomic E-state index is 3.50. The molecule has 1 nitrogen and oxygen atoms in total. The van der Waals surface area contributed by atoms with Gasteiger partial charge in [-0.3, -0.25) is 0 Å². The molecule has 0 saturated heterocycles. The van der Waals surface area contributed by atoms with E-state index in [0.717, 1.165) is 0 Å². The topological polar surface area (TPSA) is 12.0 Å². The molecule has 1 saturated carbocycles. The zero-order valence-electron chi connectivity index (χ0n) is 10.9. The second-order valence-corrected chi connectivity index (χ2v) is 5.63. The highest BCUT2D eigenvalue weighted by molar-refractivity contribution is 5.31. The molecule has 0 spiro atoms. The highest BCUT2D eigenvalue weighted by Crippen LogP contribution is 2.48. The van der Waals surface area contributed by atoms with Crippen LogP contribution in [0.25, 0.3) is 0 Å². The van der Waals surface area contributed by atoms with Crippen LogP contribution < -0.4 is 5.32 Å². The van der Waals surface area contributed by atoms with Crippen molar-refractivity contribution in [1.82, 2.24) is 5.32 Å². The van der Waals surface area contributed by atoms with Gasteiger partial charge in [0.15, 0.2) is 0 Å². The van der Waals surface area contributed by atoms with Gasteiger partial charge in [0.25, 0.3) is 0 Å². The maximum Gasteiger partial charge on any atom is 0.0158 e. The van der Waals surface area contributed by atoms with Crippen molar-refractivity contribution >= 4 is 0 Å². The van der Waals surface area contributed by atoms with Crippen molar-refractivity contribution in [1.29, 1.82) is 0 Å². The van der Waals surface area contributed by atoms with E-state index in [-0.39, 0.29) is 0 Å². The predicted molar refractivity (Wildman–Crippen MR) is 69.8 cm³/mol. The molecule has 1 unspecified atom stereocenters. The Labute approximate surface area is 99.3 Å². The lowest BCUT2D eigenvalue weighted by Gasteiger charge is -2.24. The summed E-state index contributed by atoms with van der Waals surface area (Å²) in [4.78, 5) is 0. The van der Waals surface area contributed by atoms with E-state index in [4.69, 9.17) is 0 Å². The van der Waals surface area contributed by atoms with Gasteiger partial charge in [-0.1, -0.05) is 30.7 Å². The Balaban J connectivity index is 2.15. The molecule has 0 radical (unpaired) electrons. The van der Waals surface area contributed by atoms with E-state index in [1.165, 1.54) is 36.0 Å². The number of rotatable bonds is 4. The first-order chi connectivity index (χ1) is 7.55. The van der Waals surface area contributed by atoms with Gasteiger partial charge in [0.2, 0.25) is 0 Å². The fourth-order valence-corrected chi connectivity index (χ4v) is 2.48. The summed E-state index contributed by atoms with van der Waals surface area (Å²) in [6.45, 7) is 6.80. The first-order valence-electron chi connectivity index (χ1n) is 6.28. The van der Waals surface area contributed by atoms with Crippen LogP contribution in [-0.4, -0.2) is 13.1 Å². The van der Waals surface area contributed by atoms with Gasteiger partial charge in [-0.25, -0.2) is 0 Å². The standard InChI is InChI=1S/C15H23N/c1-11-5-6-12(2)13(9-11)10-14(16-4)15(3)7-8-15/h5-6,9,14,16H,7-8,10H2,1-4H3. The van der Waals surface area contributed by atoms with E-state index in [9.17, 15) is 0 Å². The lowest BCUT2D eigenvalue weighted by Crippen LogP contribution is -2.35. The van der Waals surface area contributed by atoms with Crippen LogP contribution in [-0.2, 0) is 6.42 Å². The second-order valence-electron chi connectivity index (χ2n) is 5.63. The van der Waals surface area contributed by atoms with Crippen LogP contribution in [0, 0.1) is 19.3 Å². The molecule has 88 valence electrons. The van der Waals surface area contributed by atoms with Gasteiger partial charge in [-0.05, 0) is 56.7 Å². The van der Waals surface area contributed by atoms with E-state index in [2.05, 4.69) is 51.3 Å². The SMILES string of the molecule is CNC(Cc1cc(C)ccc1C)C1(C)CC1. The third-order valence-corrected chi connectivity index (χ3v) is 4.16. The van der Waals surface area contributed by atoms with E-state index in [1.807, 2.05) is 0 Å². The molecule has 1 atom stereocenters. The zero-order chi connectivity index (χ0) is 11.8. The second kappa shape index (κ2) is 4.21. The highest BCUT2D eigenvalue weighted by Gasteiger charge is 2.43. The Kier molecular flexibility index (Phi) is 3.07. The van der Waals surface area contributed by atoms with Gasteiger partial charge in [-0.2, -0.15) is 0 Å². The van der Waals surface area contributed by atoms with Gasteiger partial charge in [0.1, 0.15) is 0 Å². The van der Waals surface area contributed by atoms with Crippen LogP contribution in [0.15, 0.2) is 18.2 Å². The largest absolute Gasteiger partial charge is 0.316 e. The van der Waals surface area contributed by atoms with Crippen LogP contribution in [0.1, 0.15) is 36.5 Å². The number of hydrogen-bond acceptors (Lipinski definition) is 1. The van der Waals surface area contributed by atoms with Crippen LogP contribution in [0.3, 0.4) is 0 Å². The quantitative estimate of drug-likeness (QED) is 0.816. The van der Waals surface area contributed by atoms with E-state index < -0.39 is 0 Å². The molecule has 0 bridgehead atoms. The van der Waals surface area contributed by atoms with E-state index in [0.29, 0.717) is 11.5 Å². The third-order valence-electron chi connectivity index (χ3n) is 4.16. The summed E-state index contributed by atoms with van der Waals surface area (Å²) in [6.07, 6.45) is 3.92. The molecule has 0 amide bonds. The summed E-state index contributed by atoms with van der Waals surface area (Å²) >= 11 is 0. The van der Waals surface area contributed by atoms with E-state index >= 15 is 0 Å². The Morgan fingerprint density at radius 1 is 1.31 bits per heavy atom. The van der Waals surface area contributed by atoms with Gasteiger partial charge >= 0.3 is 0 Å². The number of likely N-dealkylation sites (N-methyl/N-ethyl adjacent to an activating group) is 1. The Hall–Kier alpha value is -0.820. The molecule has 1 N–H and O–H groups in total. The van der Waals surface area contributed by atoms with Crippen molar-refractivity contribution in [2.45, 2.75) is 46.1 Å². The van der Waals surface area contributed by atoms with Crippen LogP contribution >= 0.6 is 0 Å². The summed E-state index contributed by atoms with van der Waals surface area (Å²) in [7, 11) is 2.10. The molecule has 1 aromatic rings.